The zero-order chi connectivity index (χ0) is 15.6. The number of thiocarbonyl (C=S) groups is 1. The Labute approximate surface area is 133 Å². The molecule has 110 valence electrons. The van der Waals surface area contributed by atoms with Crippen molar-refractivity contribution in [3.05, 3.63) is 58.1 Å². The second-order valence-electron chi connectivity index (χ2n) is 4.23. The van der Waals surface area contributed by atoms with Crippen LogP contribution in [0.3, 0.4) is 0 Å². The summed E-state index contributed by atoms with van der Waals surface area (Å²) in [6, 6.07) is 10.5. The molecule has 0 aromatic heterocycles. The predicted octanol–water partition coefficient (Wildman–Crippen LogP) is 4.85. The van der Waals surface area contributed by atoms with Gasteiger partial charge in [0.15, 0.2) is 0 Å². The van der Waals surface area contributed by atoms with Crippen LogP contribution in [0.2, 0.25) is 0 Å². The molecule has 0 bridgehead atoms. The van der Waals surface area contributed by atoms with Gasteiger partial charge in [0.1, 0.15) is 4.99 Å². The highest BCUT2D eigenvalue weighted by Gasteiger charge is 2.31. The van der Waals surface area contributed by atoms with Gasteiger partial charge >= 0.3 is 6.18 Å². The molecule has 0 aliphatic heterocycles. The lowest BCUT2D eigenvalue weighted by atomic mass is 10.1. The quantitative estimate of drug-likeness (QED) is 0.754. The first kappa shape index (κ1) is 15.8. The van der Waals surface area contributed by atoms with Gasteiger partial charge in [-0.15, -0.1) is 0 Å². The Kier molecular flexibility index (Phi) is 4.53. The number of nitrogens with one attached hydrogen (secondary N) is 1. The van der Waals surface area contributed by atoms with Crippen molar-refractivity contribution >= 4 is 44.5 Å². The molecular weight excluding hydrogens is 365 g/mol. The van der Waals surface area contributed by atoms with Gasteiger partial charge in [0.25, 0.3) is 0 Å². The third kappa shape index (κ3) is 3.74. The maximum Gasteiger partial charge on any atom is 0.416 e. The van der Waals surface area contributed by atoms with Crippen LogP contribution in [0.4, 0.5) is 24.5 Å². The van der Waals surface area contributed by atoms with Gasteiger partial charge in [-0.1, -0.05) is 24.4 Å². The molecule has 0 saturated heterocycles. The smallest absolute Gasteiger partial charge is 0.389 e. The van der Waals surface area contributed by atoms with Crippen molar-refractivity contribution in [3.63, 3.8) is 0 Å². The molecule has 2 rings (SSSR count). The molecule has 7 heteroatoms. The van der Waals surface area contributed by atoms with Gasteiger partial charge in [-0.05, 0) is 46.3 Å². The fourth-order valence-corrected chi connectivity index (χ4v) is 2.29. The predicted molar refractivity (Wildman–Crippen MR) is 84.8 cm³/mol. The van der Waals surface area contributed by atoms with Gasteiger partial charge < -0.3 is 11.1 Å². The standard InChI is InChI=1S/C14H10BrF3N2S/c15-10-3-1-2-4-12(10)20-11-6-5-8(14(16,17)18)7-9(11)13(19)21/h1-7,20H,(H2,19,21). The highest BCUT2D eigenvalue weighted by molar-refractivity contribution is 9.10. The highest BCUT2D eigenvalue weighted by Crippen LogP contribution is 2.33. The molecular formula is C14H10BrF3N2S. The van der Waals surface area contributed by atoms with Crippen molar-refractivity contribution in [1.29, 1.82) is 0 Å². The number of halogens is 4. The molecule has 0 heterocycles. The monoisotopic (exact) mass is 374 g/mol. The van der Waals surface area contributed by atoms with Crippen LogP contribution in [0.15, 0.2) is 46.9 Å². The van der Waals surface area contributed by atoms with Gasteiger partial charge in [0.2, 0.25) is 0 Å². The maximum absolute atomic E-state index is 12.7. The van der Waals surface area contributed by atoms with E-state index in [1.165, 1.54) is 6.07 Å². The van der Waals surface area contributed by atoms with Crippen LogP contribution in [-0.2, 0) is 6.18 Å². The van der Waals surface area contributed by atoms with Crippen molar-refractivity contribution in [3.8, 4) is 0 Å². The molecule has 0 fully saturated rings. The van der Waals surface area contributed by atoms with Gasteiger partial charge in [-0.25, -0.2) is 0 Å². The Balaban J connectivity index is 2.45. The van der Waals surface area contributed by atoms with Gasteiger partial charge in [-0.3, -0.25) is 0 Å². The molecule has 21 heavy (non-hydrogen) atoms. The summed E-state index contributed by atoms with van der Waals surface area (Å²) < 4.78 is 39.0. The number of benzene rings is 2. The molecule has 0 spiro atoms. The largest absolute Gasteiger partial charge is 0.416 e. The van der Waals surface area contributed by atoms with Crippen LogP contribution in [0.5, 0.6) is 0 Å². The molecule has 0 atom stereocenters. The van der Waals surface area contributed by atoms with Crippen LogP contribution in [-0.4, -0.2) is 4.99 Å². The van der Waals surface area contributed by atoms with Crippen molar-refractivity contribution in [2.45, 2.75) is 6.18 Å². The lowest BCUT2D eigenvalue weighted by molar-refractivity contribution is -0.137. The molecule has 2 aromatic carbocycles. The van der Waals surface area contributed by atoms with E-state index in [4.69, 9.17) is 18.0 Å². The van der Waals surface area contributed by atoms with Crippen LogP contribution >= 0.6 is 28.1 Å². The molecule has 2 nitrogen and oxygen atoms in total. The topological polar surface area (TPSA) is 38.0 Å². The van der Waals surface area contributed by atoms with E-state index in [-0.39, 0.29) is 10.6 Å². The zero-order valence-corrected chi connectivity index (χ0v) is 12.9. The summed E-state index contributed by atoms with van der Waals surface area (Å²) in [5, 5.41) is 3.02. The number of hydrogen-bond donors (Lipinski definition) is 2. The Bertz CT molecular complexity index is 686. The fourth-order valence-electron chi connectivity index (χ4n) is 1.74. The third-order valence-corrected chi connectivity index (χ3v) is 3.67. The van der Waals surface area contributed by atoms with E-state index in [9.17, 15) is 13.2 Å². The van der Waals surface area contributed by atoms with Crippen molar-refractivity contribution < 1.29 is 13.2 Å². The first-order chi connectivity index (χ1) is 9.79. The number of anilines is 2. The average Bonchev–Trinajstić information content (AvgIpc) is 2.40. The van der Waals surface area contributed by atoms with E-state index in [1.807, 2.05) is 12.1 Å². The molecule has 0 unspecified atom stereocenters. The molecule has 0 saturated carbocycles. The second-order valence-corrected chi connectivity index (χ2v) is 5.52. The van der Waals surface area contributed by atoms with Crippen molar-refractivity contribution in [1.82, 2.24) is 0 Å². The van der Waals surface area contributed by atoms with E-state index in [2.05, 4.69) is 21.2 Å². The first-order valence-electron chi connectivity index (χ1n) is 5.81. The normalized spacial score (nSPS) is 11.2. The molecule has 0 aliphatic carbocycles. The van der Waals surface area contributed by atoms with Gasteiger partial charge in [-0.2, -0.15) is 13.2 Å². The van der Waals surface area contributed by atoms with E-state index in [0.717, 1.165) is 16.6 Å². The zero-order valence-electron chi connectivity index (χ0n) is 10.5. The lowest BCUT2D eigenvalue weighted by Gasteiger charge is -2.15. The summed E-state index contributed by atoms with van der Waals surface area (Å²) >= 11 is 8.19. The summed E-state index contributed by atoms with van der Waals surface area (Å²) in [5.41, 5.74) is 6.01. The number of hydrogen-bond acceptors (Lipinski definition) is 2. The number of nitrogens with two attached hydrogens (primary N) is 1. The second kappa shape index (κ2) is 6.03. The minimum Gasteiger partial charge on any atom is -0.389 e. The van der Waals surface area contributed by atoms with Gasteiger partial charge in [0, 0.05) is 15.7 Å². The van der Waals surface area contributed by atoms with E-state index in [1.54, 1.807) is 12.1 Å². The number of para-hydroxylation sites is 1. The summed E-state index contributed by atoms with van der Waals surface area (Å²) in [4.78, 5) is -0.101. The van der Waals surface area contributed by atoms with E-state index >= 15 is 0 Å². The number of alkyl halides is 3. The van der Waals surface area contributed by atoms with E-state index < -0.39 is 11.7 Å². The number of rotatable bonds is 3. The van der Waals surface area contributed by atoms with Crippen LogP contribution < -0.4 is 11.1 Å². The van der Waals surface area contributed by atoms with Crippen molar-refractivity contribution in [2.24, 2.45) is 5.73 Å². The SMILES string of the molecule is NC(=S)c1cc(C(F)(F)F)ccc1Nc1ccccc1Br. The summed E-state index contributed by atoms with van der Waals surface area (Å²) in [5.74, 6) is 0. The minimum atomic E-state index is -4.44. The van der Waals surface area contributed by atoms with Crippen LogP contribution in [0, 0.1) is 0 Å². The fraction of sp³-hybridized carbons (Fsp3) is 0.0714. The average molecular weight is 375 g/mol. The summed E-state index contributed by atoms with van der Waals surface area (Å²) in [7, 11) is 0. The molecule has 0 aliphatic rings. The van der Waals surface area contributed by atoms with Gasteiger partial charge in [0.05, 0.1) is 11.3 Å². The molecule has 2 aromatic rings. The molecule has 0 amide bonds. The molecule has 3 N–H and O–H groups in total. The third-order valence-electron chi connectivity index (χ3n) is 2.76. The Hall–Kier alpha value is -1.60. The van der Waals surface area contributed by atoms with Crippen LogP contribution in [0.25, 0.3) is 0 Å². The first-order valence-corrected chi connectivity index (χ1v) is 7.02. The van der Waals surface area contributed by atoms with E-state index in [0.29, 0.717) is 11.4 Å². The lowest BCUT2D eigenvalue weighted by Crippen LogP contribution is -2.14. The summed E-state index contributed by atoms with van der Waals surface area (Å²) in [6.07, 6.45) is -4.44. The molecule has 0 radical (unpaired) electrons. The highest BCUT2D eigenvalue weighted by atomic mass is 79.9. The summed E-state index contributed by atoms with van der Waals surface area (Å²) in [6.45, 7) is 0. The Morgan fingerprint density at radius 1 is 1.10 bits per heavy atom. The van der Waals surface area contributed by atoms with Crippen molar-refractivity contribution in [2.75, 3.05) is 5.32 Å². The van der Waals surface area contributed by atoms with Crippen LogP contribution in [0.1, 0.15) is 11.1 Å². The Morgan fingerprint density at radius 3 is 2.33 bits per heavy atom. The minimum absolute atomic E-state index is 0.101. The Morgan fingerprint density at radius 2 is 1.76 bits per heavy atom. The maximum atomic E-state index is 12.7.